The number of pyridine rings is 1. The zero-order valence-electron chi connectivity index (χ0n) is 15.8. The second kappa shape index (κ2) is 8.24. The predicted molar refractivity (Wildman–Crippen MR) is 108 cm³/mol. The number of nitrogens with two attached hydrogens (primary N) is 1. The molecule has 0 aliphatic heterocycles. The van der Waals surface area contributed by atoms with E-state index in [0.29, 0.717) is 23.4 Å². The summed E-state index contributed by atoms with van der Waals surface area (Å²) in [4.78, 5) is 28.0. The molecule has 1 aromatic carbocycles. The second-order valence-corrected chi connectivity index (χ2v) is 6.73. The first-order chi connectivity index (χ1) is 14.5. The van der Waals surface area contributed by atoms with Crippen molar-refractivity contribution in [3.05, 3.63) is 71.7 Å². The zero-order chi connectivity index (χ0) is 21.1. The number of nitrogen functional groups attached to an aromatic ring is 1. The van der Waals surface area contributed by atoms with Gasteiger partial charge in [0.2, 0.25) is 11.9 Å². The van der Waals surface area contributed by atoms with Crippen LogP contribution in [0.15, 0.2) is 48.8 Å². The minimum atomic E-state index is -0.946. The van der Waals surface area contributed by atoms with Crippen molar-refractivity contribution in [1.82, 2.24) is 25.3 Å². The lowest BCUT2D eigenvalue weighted by Crippen LogP contribution is -2.23. The Kier molecular flexibility index (Phi) is 5.34. The molecule has 0 aliphatic carbocycles. The molecule has 3 heterocycles. The van der Waals surface area contributed by atoms with Gasteiger partial charge in [0.15, 0.2) is 11.6 Å². The average Bonchev–Trinajstić information content (AvgIpc) is 3.17. The Morgan fingerprint density at radius 2 is 2.00 bits per heavy atom. The van der Waals surface area contributed by atoms with Gasteiger partial charge in [-0.3, -0.25) is 4.79 Å². The maximum absolute atomic E-state index is 13.2. The number of hydrogen-bond donors (Lipinski definition) is 3. The molecule has 7 nitrogen and oxygen atoms in total. The molecule has 4 aromatic rings. The summed E-state index contributed by atoms with van der Waals surface area (Å²) in [5, 5.41) is 3.59. The molecule has 0 unspecified atom stereocenters. The number of anilines is 1. The predicted octanol–water partition coefficient (Wildman–Crippen LogP) is 3.13. The highest BCUT2D eigenvalue weighted by Crippen LogP contribution is 2.27. The molecule has 0 fully saturated rings. The van der Waals surface area contributed by atoms with Gasteiger partial charge in [-0.1, -0.05) is 6.07 Å². The van der Waals surface area contributed by atoms with E-state index in [1.807, 2.05) is 12.1 Å². The van der Waals surface area contributed by atoms with Crippen LogP contribution in [0.25, 0.3) is 22.3 Å². The van der Waals surface area contributed by atoms with Crippen LogP contribution >= 0.6 is 0 Å². The van der Waals surface area contributed by atoms with Crippen molar-refractivity contribution in [1.29, 1.82) is 0 Å². The Bertz CT molecular complexity index is 1220. The number of amides is 1. The fraction of sp³-hybridized carbons (Fsp3) is 0.143. The summed E-state index contributed by atoms with van der Waals surface area (Å²) in [6, 6.07) is 9.06. The third-order valence-corrected chi connectivity index (χ3v) is 4.61. The minimum Gasteiger partial charge on any atom is -0.368 e. The summed E-state index contributed by atoms with van der Waals surface area (Å²) in [7, 11) is 0. The van der Waals surface area contributed by atoms with E-state index in [0.717, 1.165) is 28.7 Å². The van der Waals surface area contributed by atoms with E-state index in [9.17, 15) is 13.6 Å². The number of nitrogens with zero attached hydrogens (tertiary/aromatic N) is 3. The van der Waals surface area contributed by atoms with Gasteiger partial charge in [0, 0.05) is 42.0 Å². The fourth-order valence-corrected chi connectivity index (χ4v) is 3.13. The third-order valence-electron chi connectivity index (χ3n) is 4.61. The first kappa shape index (κ1) is 19.4. The number of aryl methyl sites for hydroxylation is 1. The quantitative estimate of drug-likeness (QED) is 0.454. The normalized spacial score (nSPS) is 11.0. The molecule has 3 aromatic heterocycles. The summed E-state index contributed by atoms with van der Waals surface area (Å²) >= 11 is 0. The summed E-state index contributed by atoms with van der Waals surface area (Å²) in [5.74, 6) is -2.00. The first-order valence-corrected chi connectivity index (χ1v) is 9.26. The molecule has 0 saturated carbocycles. The highest BCUT2D eigenvalue weighted by atomic mass is 19.2. The topological polar surface area (TPSA) is 110 Å². The average molecular weight is 408 g/mol. The smallest absolute Gasteiger partial charge is 0.220 e. The molecule has 152 valence electrons. The van der Waals surface area contributed by atoms with E-state index in [1.165, 1.54) is 6.07 Å². The number of aromatic nitrogens is 4. The molecule has 0 bridgehead atoms. The Morgan fingerprint density at radius 3 is 2.83 bits per heavy atom. The minimum absolute atomic E-state index is 0.107. The monoisotopic (exact) mass is 408 g/mol. The van der Waals surface area contributed by atoms with Crippen molar-refractivity contribution in [2.45, 2.75) is 19.4 Å². The Balaban J connectivity index is 1.42. The van der Waals surface area contributed by atoms with Crippen molar-refractivity contribution in [2.75, 3.05) is 5.73 Å². The standard InChI is InChI=1S/C21H18F2N6O/c22-16-5-3-12(8-17(16)23)10-26-19(30)6-4-13-9-18(29-21(24)28-13)15-11-27-20-14(15)2-1-7-25-20/h1-3,5,7-9,11H,4,6,10H2,(H,25,27)(H,26,30)(H2,24,28,29). The first-order valence-electron chi connectivity index (χ1n) is 9.26. The van der Waals surface area contributed by atoms with Crippen molar-refractivity contribution in [3.63, 3.8) is 0 Å². The van der Waals surface area contributed by atoms with Crippen molar-refractivity contribution in [2.24, 2.45) is 0 Å². The highest BCUT2D eigenvalue weighted by Gasteiger charge is 2.12. The second-order valence-electron chi connectivity index (χ2n) is 6.73. The van der Waals surface area contributed by atoms with Crippen LogP contribution in [0.4, 0.5) is 14.7 Å². The Hall–Kier alpha value is -3.88. The van der Waals surface area contributed by atoms with Gasteiger partial charge in [0.25, 0.3) is 0 Å². The van der Waals surface area contributed by atoms with Crippen molar-refractivity contribution in [3.8, 4) is 11.3 Å². The van der Waals surface area contributed by atoms with Crippen LogP contribution in [0.3, 0.4) is 0 Å². The molecule has 0 radical (unpaired) electrons. The van der Waals surface area contributed by atoms with Crippen LogP contribution in [-0.4, -0.2) is 25.8 Å². The summed E-state index contributed by atoms with van der Waals surface area (Å²) in [6.45, 7) is 0.107. The molecule has 0 atom stereocenters. The number of H-pyrrole nitrogens is 1. The molecule has 9 heteroatoms. The molecule has 0 aliphatic rings. The number of aromatic amines is 1. The van der Waals surface area contributed by atoms with Gasteiger partial charge in [-0.05, 0) is 42.3 Å². The molecule has 4 rings (SSSR count). The molecular formula is C21H18F2N6O. The largest absolute Gasteiger partial charge is 0.368 e. The van der Waals surface area contributed by atoms with Gasteiger partial charge in [0.1, 0.15) is 5.65 Å². The van der Waals surface area contributed by atoms with Crippen molar-refractivity contribution >= 4 is 22.9 Å². The number of benzene rings is 1. The third kappa shape index (κ3) is 4.24. The molecule has 4 N–H and O–H groups in total. The van der Waals surface area contributed by atoms with Crippen LogP contribution < -0.4 is 11.1 Å². The van der Waals surface area contributed by atoms with Gasteiger partial charge in [-0.2, -0.15) is 0 Å². The summed E-state index contributed by atoms with van der Waals surface area (Å²) in [5.41, 5.74) is 9.18. The molecule has 0 saturated heterocycles. The van der Waals surface area contributed by atoms with E-state index in [-0.39, 0.29) is 24.8 Å². The number of rotatable bonds is 6. The number of fused-ring (bicyclic) bond motifs is 1. The molecule has 30 heavy (non-hydrogen) atoms. The number of hydrogen-bond acceptors (Lipinski definition) is 5. The van der Waals surface area contributed by atoms with E-state index < -0.39 is 11.6 Å². The van der Waals surface area contributed by atoms with Crippen LogP contribution in [0.2, 0.25) is 0 Å². The maximum Gasteiger partial charge on any atom is 0.220 e. The van der Waals surface area contributed by atoms with Gasteiger partial charge < -0.3 is 16.0 Å². The van der Waals surface area contributed by atoms with E-state index in [2.05, 4.69) is 25.3 Å². The van der Waals surface area contributed by atoms with Gasteiger partial charge in [-0.25, -0.2) is 23.7 Å². The zero-order valence-corrected chi connectivity index (χ0v) is 15.8. The van der Waals surface area contributed by atoms with Crippen LogP contribution in [0.5, 0.6) is 0 Å². The number of nitrogens with one attached hydrogen (secondary N) is 2. The molecule has 1 amide bonds. The summed E-state index contributed by atoms with van der Waals surface area (Å²) < 4.78 is 26.2. The van der Waals surface area contributed by atoms with E-state index >= 15 is 0 Å². The maximum atomic E-state index is 13.2. The Labute approximate surface area is 170 Å². The van der Waals surface area contributed by atoms with Gasteiger partial charge >= 0.3 is 0 Å². The SMILES string of the molecule is Nc1nc(CCC(=O)NCc2ccc(F)c(F)c2)cc(-c2c[nH]c3ncccc23)n1. The van der Waals surface area contributed by atoms with Crippen LogP contribution in [0, 0.1) is 11.6 Å². The van der Waals surface area contributed by atoms with Gasteiger partial charge in [0.05, 0.1) is 5.69 Å². The van der Waals surface area contributed by atoms with E-state index in [1.54, 1.807) is 18.5 Å². The number of carbonyl (C=O) groups is 1. The number of carbonyl (C=O) groups excluding carboxylic acids is 1. The lowest BCUT2D eigenvalue weighted by atomic mass is 10.1. The summed E-state index contributed by atoms with van der Waals surface area (Å²) in [6.07, 6.45) is 4.01. The molecular weight excluding hydrogens is 390 g/mol. The lowest BCUT2D eigenvalue weighted by Gasteiger charge is -2.07. The van der Waals surface area contributed by atoms with Crippen LogP contribution in [-0.2, 0) is 17.8 Å². The number of halogens is 2. The Morgan fingerprint density at radius 1 is 1.13 bits per heavy atom. The van der Waals surface area contributed by atoms with Gasteiger partial charge in [-0.15, -0.1) is 0 Å². The van der Waals surface area contributed by atoms with E-state index in [4.69, 9.17) is 5.73 Å². The van der Waals surface area contributed by atoms with Crippen LogP contribution in [0.1, 0.15) is 17.7 Å². The highest BCUT2D eigenvalue weighted by molar-refractivity contribution is 5.92. The lowest BCUT2D eigenvalue weighted by molar-refractivity contribution is -0.121. The molecule has 0 spiro atoms. The fourth-order valence-electron chi connectivity index (χ4n) is 3.13. The van der Waals surface area contributed by atoms with Crippen molar-refractivity contribution < 1.29 is 13.6 Å².